The summed E-state index contributed by atoms with van der Waals surface area (Å²) in [4.78, 5) is 4.44. The average Bonchev–Trinajstić information content (AvgIpc) is 2.55. The molecule has 1 aliphatic heterocycles. The fourth-order valence-electron chi connectivity index (χ4n) is 3.22. The molecule has 0 amide bonds. The van der Waals surface area contributed by atoms with Gasteiger partial charge in [-0.2, -0.15) is 4.31 Å². The summed E-state index contributed by atoms with van der Waals surface area (Å²) in [7, 11) is -3.51. The molecule has 1 fully saturated rings. The summed E-state index contributed by atoms with van der Waals surface area (Å²) >= 11 is 0. The molecule has 6 heteroatoms. The fraction of sp³-hybridized carbons (Fsp3) is 0.438. The van der Waals surface area contributed by atoms with Crippen LogP contribution in [0.15, 0.2) is 41.6 Å². The van der Waals surface area contributed by atoms with Gasteiger partial charge in [-0.05, 0) is 37.9 Å². The van der Waals surface area contributed by atoms with E-state index in [1.165, 1.54) is 0 Å². The van der Waals surface area contributed by atoms with Gasteiger partial charge in [-0.3, -0.25) is 4.98 Å². The Morgan fingerprint density at radius 3 is 2.95 bits per heavy atom. The summed E-state index contributed by atoms with van der Waals surface area (Å²) in [6.07, 6.45) is 6.91. The highest BCUT2D eigenvalue weighted by molar-refractivity contribution is 7.89. The van der Waals surface area contributed by atoms with Gasteiger partial charge in [0.2, 0.25) is 10.0 Å². The van der Waals surface area contributed by atoms with Crippen LogP contribution in [0.25, 0.3) is 10.8 Å². The van der Waals surface area contributed by atoms with Gasteiger partial charge in [0.15, 0.2) is 0 Å². The third-order valence-electron chi connectivity index (χ3n) is 4.30. The van der Waals surface area contributed by atoms with Crippen molar-refractivity contribution in [1.29, 1.82) is 0 Å². The second kappa shape index (κ2) is 6.32. The Morgan fingerprint density at radius 2 is 2.14 bits per heavy atom. The van der Waals surface area contributed by atoms with E-state index in [2.05, 4.69) is 4.98 Å². The zero-order valence-corrected chi connectivity index (χ0v) is 13.3. The van der Waals surface area contributed by atoms with E-state index in [4.69, 9.17) is 5.73 Å². The highest BCUT2D eigenvalue weighted by Crippen LogP contribution is 2.30. The van der Waals surface area contributed by atoms with Crippen molar-refractivity contribution in [2.24, 2.45) is 5.73 Å². The Kier molecular flexibility index (Phi) is 4.42. The summed E-state index contributed by atoms with van der Waals surface area (Å²) < 4.78 is 28.0. The molecule has 1 unspecified atom stereocenters. The van der Waals surface area contributed by atoms with Gasteiger partial charge in [-0.25, -0.2) is 8.42 Å². The van der Waals surface area contributed by atoms with Crippen LogP contribution in [0.2, 0.25) is 0 Å². The molecule has 5 nitrogen and oxygen atoms in total. The molecule has 2 N–H and O–H groups in total. The second-order valence-corrected chi connectivity index (χ2v) is 7.55. The van der Waals surface area contributed by atoms with E-state index in [0.717, 1.165) is 30.0 Å². The molecule has 0 bridgehead atoms. The van der Waals surface area contributed by atoms with Crippen molar-refractivity contribution in [3.05, 3.63) is 36.7 Å². The van der Waals surface area contributed by atoms with E-state index in [1.54, 1.807) is 34.9 Å². The van der Waals surface area contributed by atoms with Crippen LogP contribution in [-0.2, 0) is 10.0 Å². The van der Waals surface area contributed by atoms with E-state index in [-0.39, 0.29) is 6.04 Å². The van der Waals surface area contributed by atoms with Gasteiger partial charge < -0.3 is 5.73 Å². The number of sulfonamides is 1. The zero-order chi connectivity index (χ0) is 15.6. The largest absolute Gasteiger partial charge is 0.330 e. The van der Waals surface area contributed by atoms with E-state index >= 15 is 0 Å². The number of rotatable bonds is 4. The number of hydrogen-bond donors (Lipinski definition) is 1. The fourth-order valence-corrected chi connectivity index (χ4v) is 5.16. The highest BCUT2D eigenvalue weighted by atomic mass is 32.2. The van der Waals surface area contributed by atoms with Gasteiger partial charge in [-0.1, -0.05) is 18.6 Å². The lowest BCUT2D eigenvalue weighted by Crippen LogP contribution is -2.44. The Labute approximate surface area is 131 Å². The number of piperidine rings is 1. The minimum absolute atomic E-state index is 0.0147. The first-order valence-electron chi connectivity index (χ1n) is 7.69. The van der Waals surface area contributed by atoms with Crippen LogP contribution >= 0.6 is 0 Å². The lowest BCUT2D eigenvalue weighted by atomic mass is 10.0. The third kappa shape index (κ3) is 2.74. The monoisotopic (exact) mass is 319 g/mol. The molecule has 1 atom stereocenters. The SMILES string of the molecule is NCCC1CCCCN1S(=O)(=O)c1cccc2cnccc12. The normalized spacial score (nSPS) is 20.3. The van der Waals surface area contributed by atoms with Gasteiger partial charge in [0.05, 0.1) is 4.90 Å². The molecule has 2 aromatic rings. The van der Waals surface area contributed by atoms with Crippen LogP contribution < -0.4 is 5.73 Å². The summed E-state index contributed by atoms with van der Waals surface area (Å²) in [6, 6.07) is 7.13. The van der Waals surface area contributed by atoms with Crippen LogP contribution in [0.1, 0.15) is 25.7 Å². The number of hydrogen-bond acceptors (Lipinski definition) is 4. The third-order valence-corrected chi connectivity index (χ3v) is 6.31. The van der Waals surface area contributed by atoms with Crippen molar-refractivity contribution in [1.82, 2.24) is 9.29 Å². The molecule has 1 aliphatic rings. The summed E-state index contributed by atoms with van der Waals surface area (Å²) in [6.45, 7) is 1.09. The molecular formula is C16H21N3O2S. The van der Waals surface area contributed by atoms with Crippen LogP contribution in [0.5, 0.6) is 0 Å². The van der Waals surface area contributed by atoms with Crippen LogP contribution in [-0.4, -0.2) is 36.8 Å². The van der Waals surface area contributed by atoms with Crippen LogP contribution in [0.4, 0.5) is 0 Å². The molecule has 0 saturated carbocycles. The maximum absolute atomic E-state index is 13.2. The number of nitrogens with zero attached hydrogens (tertiary/aromatic N) is 2. The average molecular weight is 319 g/mol. The molecule has 0 aliphatic carbocycles. The van der Waals surface area contributed by atoms with Gasteiger partial charge in [-0.15, -0.1) is 0 Å². The summed E-state index contributed by atoms with van der Waals surface area (Å²) in [5.41, 5.74) is 5.66. The molecule has 3 rings (SSSR count). The maximum Gasteiger partial charge on any atom is 0.243 e. The maximum atomic E-state index is 13.2. The van der Waals surface area contributed by atoms with Crippen molar-refractivity contribution in [3.63, 3.8) is 0 Å². The Bertz CT molecular complexity index is 754. The van der Waals surface area contributed by atoms with Crippen molar-refractivity contribution >= 4 is 20.8 Å². The quantitative estimate of drug-likeness (QED) is 0.936. The van der Waals surface area contributed by atoms with Gasteiger partial charge in [0.25, 0.3) is 0 Å². The van der Waals surface area contributed by atoms with Gasteiger partial charge in [0.1, 0.15) is 0 Å². The van der Waals surface area contributed by atoms with Crippen molar-refractivity contribution in [3.8, 4) is 0 Å². The van der Waals surface area contributed by atoms with Crippen molar-refractivity contribution in [2.45, 2.75) is 36.6 Å². The first-order chi connectivity index (χ1) is 10.6. The predicted octanol–water partition coefficient (Wildman–Crippen LogP) is 2.13. The van der Waals surface area contributed by atoms with E-state index < -0.39 is 10.0 Å². The minimum Gasteiger partial charge on any atom is -0.330 e. The van der Waals surface area contributed by atoms with Gasteiger partial charge >= 0.3 is 0 Å². The molecule has 1 saturated heterocycles. The highest BCUT2D eigenvalue weighted by Gasteiger charge is 2.33. The number of benzene rings is 1. The Balaban J connectivity index is 2.07. The van der Waals surface area contributed by atoms with Crippen LogP contribution in [0, 0.1) is 0 Å². The number of aromatic nitrogens is 1. The first-order valence-corrected chi connectivity index (χ1v) is 9.13. The molecule has 118 valence electrons. The van der Waals surface area contributed by atoms with E-state index in [1.807, 2.05) is 6.07 Å². The summed E-state index contributed by atoms with van der Waals surface area (Å²) in [5.74, 6) is 0. The van der Waals surface area contributed by atoms with Gasteiger partial charge in [0, 0.05) is 35.8 Å². The first kappa shape index (κ1) is 15.4. The van der Waals surface area contributed by atoms with Crippen molar-refractivity contribution in [2.75, 3.05) is 13.1 Å². The predicted molar refractivity (Wildman–Crippen MR) is 86.9 cm³/mol. The smallest absolute Gasteiger partial charge is 0.243 e. The molecule has 1 aromatic carbocycles. The second-order valence-electron chi connectivity index (χ2n) is 5.70. The lowest BCUT2D eigenvalue weighted by molar-refractivity contribution is 0.243. The standard InChI is InChI=1S/C16H21N3O2S/c17-9-7-14-5-1-2-11-19(14)22(20,21)16-6-3-4-13-12-18-10-8-15(13)16/h3-4,6,8,10,12,14H,1-2,5,7,9,11,17H2. The molecular weight excluding hydrogens is 298 g/mol. The molecule has 1 aromatic heterocycles. The van der Waals surface area contributed by atoms with Crippen molar-refractivity contribution < 1.29 is 8.42 Å². The topological polar surface area (TPSA) is 76.3 Å². The minimum atomic E-state index is -3.51. The lowest BCUT2D eigenvalue weighted by Gasteiger charge is -2.34. The zero-order valence-electron chi connectivity index (χ0n) is 12.5. The molecule has 0 radical (unpaired) electrons. The Morgan fingerprint density at radius 1 is 1.27 bits per heavy atom. The summed E-state index contributed by atoms with van der Waals surface area (Å²) in [5, 5.41) is 1.57. The molecule has 2 heterocycles. The van der Waals surface area contributed by atoms with E-state index in [0.29, 0.717) is 24.4 Å². The molecule has 0 spiro atoms. The van der Waals surface area contributed by atoms with E-state index in [9.17, 15) is 8.42 Å². The Hall–Kier alpha value is -1.50. The molecule has 22 heavy (non-hydrogen) atoms. The number of fused-ring (bicyclic) bond motifs is 1. The number of nitrogens with two attached hydrogens (primary N) is 1. The van der Waals surface area contributed by atoms with Crippen LogP contribution in [0.3, 0.4) is 0 Å². The number of pyridine rings is 1.